The smallest absolute Gasteiger partial charge is 0.219 e. The summed E-state index contributed by atoms with van der Waals surface area (Å²) < 4.78 is 14.2. The number of amidine groups is 1. The van der Waals surface area contributed by atoms with E-state index in [2.05, 4.69) is 81.5 Å². The number of nitrogens with zero attached hydrogens (tertiary/aromatic N) is 2. The third-order valence-corrected chi connectivity index (χ3v) is 9.14. The van der Waals surface area contributed by atoms with Crippen molar-refractivity contribution in [2.24, 2.45) is 22.1 Å². The zero-order valence-corrected chi connectivity index (χ0v) is 35.3. The highest BCUT2D eigenvalue weighted by Crippen LogP contribution is 2.30. The van der Waals surface area contributed by atoms with Crippen molar-refractivity contribution in [3.63, 3.8) is 0 Å². The predicted molar refractivity (Wildman–Crippen MR) is 224 cm³/mol. The molecule has 1 atom stereocenters. The number of nitrogens with one attached hydrogen (secondary N) is 2. The monoisotopic (exact) mass is 750 g/mol. The van der Waals surface area contributed by atoms with Crippen LogP contribution in [0.15, 0.2) is 47.6 Å². The molecular formula is C44H71N5O5. The van der Waals surface area contributed by atoms with Crippen LogP contribution in [0.25, 0.3) is 12.4 Å². The molecule has 4 N–H and O–H groups in total. The number of carbonyl (C=O) groups is 3. The molecule has 1 aromatic heterocycles. The summed E-state index contributed by atoms with van der Waals surface area (Å²) in [6.07, 6.45) is 11.1. The topological polar surface area (TPSA) is 137 Å². The van der Waals surface area contributed by atoms with Crippen LogP contribution < -0.4 is 31.7 Å². The third-order valence-electron chi connectivity index (χ3n) is 9.14. The Bertz CT molecular complexity index is 1650. The van der Waals surface area contributed by atoms with Crippen LogP contribution in [0.3, 0.4) is 0 Å². The van der Waals surface area contributed by atoms with Gasteiger partial charge in [0.05, 0.1) is 32.2 Å². The molecule has 1 aromatic carbocycles. The standard InChI is InChI=1S/C35H57N5O3.C9H14O2/c1-10-13-14-19-37-33(39-30(36)15-11-2)32-26(4)18-20-40(32)22-27-16-17-28(21-29(27)42-9)35(7,8)25-43-24-34(5,6)23-38-31(41)12-3;1-4-7(2)9(11)6-5-8(3)10/h16-18,20-21,37H,4,10-15,19,22-25H2,1-3,5-9H3,(H2,36,39)(H,38,41);5-7H,4H2,1-3H3/b33-32+;6-5-. The molecule has 0 radical (unpaired) electrons. The first-order valence-electron chi connectivity index (χ1n) is 19.6. The van der Waals surface area contributed by atoms with Gasteiger partial charge in [-0.25, -0.2) is 4.99 Å². The fourth-order valence-electron chi connectivity index (χ4n) is 5.38. The van der Waals surface area contributed by atoms with Crippen LogP contribution in [0, 0.1) is 11.3 Å². The number of methoxy groups -OCH3 is 1. The van der Waals surface area contributed by atoms with Crippen molar-refractivity contribution in [3.05, 3.63) is 64.3 Å². The van der Waals surface area contributed by atoms with E-state index < -0.39 is 0 Å². The second-order valence-corrected chi connectivity index (χ2v) is 15.5. The zero-order valence-electron chi connectivity index (χ0n) is 35.3. The number of hydrogen-bond acceptors (Lipinski definition) is 7. The van der Waals surface area contributed by atoms with Crippen molar-refractivity contribution >= 4 is 35.7 Å². The van der Waals surface area contributed by atoms with Gasteiger partial charge in [-0.2, -0.15) is 0 Å². The van der Waals surface area contributed by atoms with Gasteiger partial charge >= 0.3 is 0 Å². The summed E-state index contributed by atoms with van der Waals surface area (Å²) in [5.41, 5.74) is 8.09. The fraction of sp³-hybridized carbons (Fsp3) is 0.591. The van der Waals surface area contributed by atoms with Gasteiger partial charge in [0.15, 0.2) is 17.4 Å². The molecule has 0 fully saturated rings. The van der Waals surface area contributed by atoms with Gasteiger partial charge in [-0.15, -0.1) is 0 Å². The van der Waals surface area contributed by atoms with Gasteiger partial charge in [-0.1, -0.05) is 93.9 Å². The number of nitrogens with two attached hydrogens (primary N) is 1. The van der Waals surface area contributed by atoms with Crippen molar-refractivity contribution in [2.45, 2.75) is 126 Å². The molecule has 0 aliphatic heterocycles. The molecule has 0 aliphatic rings. The normalized spacial score (nSPS) is 13.2. The van der Waals surface area contributed by atoms with Crippen molar-refractivity contribution in [1.82, 2.24) is 15.2 Å². The highest BCUT2D eigenvalue weighted by Gasteiger charge is 2.25. The summed E-state index contributed by atoms with van der Waals surface area (Å²) in [5.74, 6) is 2.25. The van der Waals surface area contributed by atoms with E-state index in [4.69, 9.17) is 20.2 Å². The lowest BCUT2D eigenvalue weighted by Crippen LogP contribution is -2.37. The van der Waals surface area contributed by atoms with E-state index in [1.54, 1.807) is 7.11 Å². The van der Waals surface area contributed by atoms with Gasteiger partial charge in [0.25, 0.3) is 0 Å². The summed E-state index contributed by atoms with van der Waals surface area (Å²) in [5, 5.41) is 8.35. The lowest BCUT2D eigenvalue weighted by molar-refractivity contribution is -0.121. The number of rotatable bonds is 23. The van der Waals surface area contributed by atoms with Crippen LogP contribution in [-0.4, -0.2) is 61.3 Å². The number of hydrogen-bond donors (Lipinski definition) is 3. The maximum absolute atomic E-state index is 11.7. The van der Waals surface area contributed by atoms with Gasteiger partial charge in [-0.05, 0) is 61.3 Å². The Labute approximate surface area is 325 Å². The van der Waals surface area contributed by atoms with Crippen molar-refractivity contribution in [3.8, 4) is 5.75 Å². The maximum atomic E-state index is 11.7. The fourth-order valence-corrected chi connectivity index (χ4v) is 5.38. The summed E-state index contributed by atoms with van der Waals surface area (Å²) in [7, 11) is 1.71. The molecule has 1 unspecified atom stereocenters. The average Bonchev–Trinajstić information content (AvgIpc) is 3.49. The van der Waals surface area contributed by atoms with Crippen LogP contribution in [0.1, 0.15) is 125 Å². The second kappa shape index (κ2) is 24.3. The Hall–Kier alpha value is -4.18. The van der Waals surface area contributed by atoms with Crippen LogP contribution in [0.5, 0.6) is 5.75 Å². The first-order chi connectivity index (χ1) is 25.4. The Kier molecular flexibility index (Phi) is 21.5. The van der Waals surface area contributed by atoms with Crippen molar-refractivity contribution < 1.29 is 23.9 Å². The highest BCUT2D eigenvalue weighted by molar-refractivity contribution is 5.98. The molecule has 10 nitrogen and oxygen atoms in total. The molecule has 2 rings (SSSR count). The Morgan fingerprint density at radius 1 is 1.00 bits per heavy atom. The number of allylic oxidation sites excluding steroid dienone is 2. The number of aromatic nitrogens is 1. The summed E-state index contributed by atoms with van der Waals surface area (Å²) in [4.78, 5) is 37.9. The van der Waals surface area contributed by atoms with E-state index in [1.807, 2.05) is 33.0 Å². The number of aliphatic imine (C=N–C) groups is 1. The molecule has 2 aromatic rings. The number of carbonyl (C=O) groups excluding carboxylic acids is 3. The molecule has 0 spiro atoms. The van der Waals surface area contributed by atoms with E-state index in [0.29, 0.717) is 38.6 Å². The molecule has 54 heavy (non-hydrogen) atoms. The molecule has 1 amide bonds. The highest BCUT2D eigenvalue weighted by atomic mass is 16.5. The Morgan fingerprint density at radius 3 is 2.30 bits per heavy atom. The van der Waals surface area contributed by atoms with Gasteiger partial charge < -0.3 is 30.4 Å². The molecular weight excluding hydrogens is 679 g/mol. The SMILES string of the molecule is C=c1ccn(Cc2ccc(C(C)(C)COCC(C)(C)CNC(=O)CC)cc2OC)/c1=C(/N=C(/N)CCC)NCCCCC.CCC(C)C(=O)/C=C\C(C)=O. The molecule has 0 aliphatic carbocycles. The minimum absolute atomic E-state index is 0.0303. The van der Waals surface area contributed by atoms with Gasteiger partial charge in [0, 0.05) is 54.4 Å². The molecule has 302 valence electrons. The van der Waals surface area contributed by atoms with E-state index >= 15 is 0 Å². The molecule has 10 heteroatoms. The van der Waals surface area contributed by atoms with E-state index in [-0.39, 0.29) is 34.2 Å². The Balaban J connectivity index is 0.00000114. The maximum Gasteiger partial charge on any atom is 0.219 e. The minimum atomic E-state index is -0.234. The number of unbranched alkanes of at least 4 members (excludes halogenated alkanes) is 2. The number of ether oxygens (including phenoxy) is 2. The van der Waals surface area contributed by atoms with Crippen molar-refractivity contribution in [2.75, 3.05) is 33.4 Å². The minimum Gasteiger partial charge on any atom is -0.496 e. The lowest BCUT2D eigenvalue weighted by Gasteiger charge is -2.30. The first kappa shape index (κ1) is 47.8. The number of ketones is 2. The Morgan fingerprint density at radius 2 is 1.70 bits per heavy atom. The number of benzene rings is 1. The molecule has 1 heterocycles. The van der Waals surface area contributed by atoms with Crippen LogP contribution >= 0.6 is 0 Å². The van der Waals surface area contributed by atoms with Gasteiger partial charge in [0.2, 0.25) is 5.91 Å². The van der Waals surface area contributed by atoms with E-state index in [9.17, 15) is 14.4 Å². The van der Waals surface area contributed by atoms with E-state index in [1.165, 1.54) is 19.1 Å². The van der Waals surface area contributed by atoms with Gasteiger partial charge in [-0.3, -0.25) is 14.4 Å². The lowest BCUT2D eigenvalue weighted by atomic mass is 9.84. The van der Waals surface area contributed by atoms with Crippen LogP contribution in [0.2, 0.25) is 0 Å². The van der Waals surface area contributed by atoms with Crippen LogP contribution in [-0.2, 0) is 31.1 Å². The quantitative estimate of drug-likeness (QED) is 0.0507. The average molecular weight is 750 g/mol. The summed E-state index contributed by atoms with van der Waals surface area (Å²) in [6.45, 7) is 27.4. The molecule has 0 saturated heterocycles. The summed E-state index contributed by atoms with van der Waals surface area (Å²) >= 11 is 0. The predicted octanol–water partition coefficient (Wildman–Crippen LogP) is 6.55. The van der Waals surface area contributed by atoms with Crippen LogP contribution in [0.4, 0.5) is 0 Å². The second-order valence-electron chi connectivity index (χ2n) is 15.5. The number of amides is 1. The van der Waals surface area contributed by atoms with Crippen molar-refractivity contribution in [1.29, 1.82) is 0 Å². The first-order valence-corrected chi connectivity index (χ1v) is 19.6. The molecule has 0 bridgehead atoms. The third kappa shape index (κ3) is 17.3. The van der Waals surface area contributed by atoms with Gasteiger partial charge in [0.1, 0.15) is 11.6 Å². The molecule has 0 saturated carbocycles. The zero-order chi connectivity index (χ0) is 40.9. The largest absolute Gasteiger partial charge is 0.496 e. The van der Waals surface area contributed by atoms with E-state index in [0.717, 1.165) is 78.3 Å². The summed E-state index contributed by atoms with van der Waals surface area (Å²) in [6, 6.07) is 8.43.